The van der Waals surface area contributed by atoms with Crippen LogP contribution in [0, 0.1) is 0 Å². The number of halogens is 3. The van der Waals surface area contributed by atoms with Crippen molar-refractivity contribution >= 4 is 0 Å². The van der Waals surface area contributed by atoms with Crippen molar-refractivity contribution in [1.29, 1.82) is 0 Å². The van der Waals surface area contributed by atoms with Crippen molar-refractivity contribution in [3.05, 3.63) is 0 Å². The van der Waals surface area contributed by atoms with Gasteiger partial charge in [-0.1, -0.05) is 0 Å². The molecular weight excluding hydrogens is 187 g/mol. The van der Waals surface area contributed by atoms with Gasteiger partial charge in [-0.2, -0.15) is 13.2 Å². The molecule has 0 rings (SSSR count). The molecule has 0 spiro atoms. The van der Waals surface area contributed by atoms with Crippen LogP contribution in [0.4, 0.5) is 13.2 Å². The number of hydrogen-bond donors (Lipinski definition) is 2. The lowest BCUT2D eigenvalue weighted by atomic mass is 10.4. The number of nitrogens with one attached hydrogen (secondary N) is 1. The summed E-state index contributed by atoms with van der Waals surface area (Å²) in [6.45, 7) is 1.02. The molecule has 0 aliphatic rings. The molecule has 0 aromatic heterocycles. The molecule has 80 valence electrons. The fraction of sp³-hybridized carbons (Fsp3) is 1.00. The van der Waals surface area contributed by atoms with E-state index in [1.54, 1.807) is 6.92 Å². The Labute approximate surface area is 74.9 Å². The first-order valence-electron chi connectivity index (χ1n) is 3.95. The molecular formula is C7H14F3NO2. The van der Waals surface area contributed by atoms with Crippen LogP contribution in [0.5, 0.6) is 0 Å². The Hall–Kier alpha value is -0.330. The first kappa shape index (κ1) is 12.7. The molecule has 1 atom stereocenters. The molecule has 0 fully saturated rings. The minimum atomic E-state index is -4.26. The van der Waals surface area contributed by atoms with Gasteiger partial charge in [0.25, 0.3) is 0 Å². The monoisotopic (exact) mass is 201 g/mol. The number of aliphatic hydroxyl groups is 1. The van der Waals surface area contributed by atoms with Gasteiger partial charge in [-0.3, -0.25) is 0 Å². The predicted octanol–water partition coefficient (Wildman–Crippen LogP) is 0.536. The normalized spacial score (nSPS) is 14.5. The number of alkyl halides is 3. The van der Waals surface area contributed by atoms with Crippen LogP contribution >= 0.6 is 0 Å². The van der Waals surface area contributed by atoms with Crippen molar-refractivity contribution < 1.29 is 23.0 Å². The molecule has 0 aliphatic heterocycles. The van der Waals surface area contributed by atoms with Crippen LogP contribution < -0.4 is 5.32 Å². The lowest BCUT2D eigenvalue weighted by Gasteiger charge is -2.09. The van der Waals surface area contributed by atoms with Crippen molar-refractivity contribution in [3.63, 3.8) is 0 Å². The van der Waals surface area contributed by atoms with Gasteiger partial charge < -0.3 is 15.2 Å². The number of hydrogen-bond acceptors (Lipinski definition) is 3. The molecule has 0 saturated carbocycles. The lowest BCUT2D eigenvalue weighted by Crippen LogP contribution is -2.29. The van der Waals surface area contributed by atoms with Gasteiger partial charge in [0.05, 0.1) is 12.7 Å². The third-order valence-corrected chi connectivity index (χ3v) is 1.13. The molecule has 0 amide bonds. The second kappa shape index (κ2) is 6.17. The van der Waals surface area contributed by atoms with E-state index in [0.29, 0.717) is 13.1 Å². The largest absolute Gasteiger partial charge is 0.411 e. The Balaban J connectivity index is 3.09. The number of rotatable bonds is 6. The molecule has 6 heteroatoms. The second-order valence-corrected chi connectivity index (χ2v) is 2.72. The van der Waals surface area contributed by atoms with Crippen LogP contribution in [0.2, 0.25) is 0 Å². The smallest absolute Gasteiger partial charge is 0.392 e. The highest BCUT2D eigenvalue weighted by molar-refractivity contribution is 4.52. The summed E-state index contributed by atoms with van der Waals surface area (Å²) in [5.41, 5.74) is 0. The van der Waals surface area contributed by atoms with Crippen LogP contribution in [-0.4, -0.2) is 43.7 Å². The maximum Gasteiger partial charge on any atom is 0.411 e. The van der Waals surface area contributed by atoms with Crippen molar-refractivity contribution in [2.45, 2.75) is 19.2 Å². The summed E-state index contributed by atoms with van der Waals surface area (Å²) in [5, 5.41) is 11.5. The van der Waals surface area contributed by atoms with E-state index in [1.807, 2.05) is 0 Å². The summed E-state index contributed by atoms with van der Waals surface area (Å²) in [7, 11) is 0. The van der Waals surface area contributed by atoms with Crippen molar-refractivity contribution in [3.8, 4) is 0 Å². The Kier molecular flexibility index (Phi) is 6.02. The molecule has 2 N–H and O–H groups in total. The predicted molar refractivity (Wildman–Crippen MR) is 41.4 cm³/mol. The highest BCUT2D eigenvalue weighted by atomic mass is 19.4. The fourth-order valence-electron chi connectivity index (χ4n) is 0.643. The minimum absolute atomic E-state index is 0.00771. The quantitative estimate of drug-likeness (QED) is 0.616. The fourth-order valence-corrected chi connectivity index (χ4v) is 0.643. The van der Waals surface area contributed by atoms with Gasteiger partial charge in [-0.25, -0.2) is 0 Å². The highest BCUT2D eigenvalue weighted by Gasteiger charge is 2.27. The molecule has 0 aromatic carbocycles. The average molecular weight is 201 g/mol. The van der Waals surface area contributed by atoms with E-state index >= 15 is 0 Å². The molecule has 13 heavy (non-hydrogen) atoms. The Morgan fingerprint density at radius 2 is 2.08 bits per heavy atom. The van der Waals surface area contributed by atoms with E-state index in [4.69, 9.17) is 5.11 Å². The van der Waals surface area contributed by atoms with Crippen LogP contribution in [0.1, 0.15) is 6.92 Å². The second-order valence-electron chi connectivity index (χ2n) is 2.72. The van der Waals surface area contributed by atoms with Gasteiger partial charge in [0.2, 0.25) is 0 Å². The van der Waals surface area contributed by atoms with Crippen LogP contribution in [0.15, 0.2) is 0 Å². The zero-order chi connectivity index (χ0) is 10.3. The van der Waals surface area contributed by atoms with Crippen molar-refractivity contribution in [1.82, 2.24) is 5.32 Å². The van der Waals surface area contributed by atoms with Gasteiger partial charge in [0.1, 0.15) is 6.61 Å². The van der Waals surface area contributed by atoms with E-state index in [1.165, 1.54) is 0 Å². The molecule has 0 bridgehead atoms. The van der Waals surface area contributed by atoms with Crippen LogP contribution in [0.25, 0.3) is 0 Å². The summed E-state index contributed by atoms with van der Waals surface area (Å²) in [6, 6.07) is 0. The van der Waals surface area contributed by atoms with Crippen molar-refractivity contribution in [2.24, 2.45) is 0 Å². The molecule has 1 unspecified atom stereocenters. The minimum Gasteiger partial charge on any atom is -0.392 e. The zero-order valence-electron chi connectivity index (χ0n) is 7.40. The molecule has 0 saturated heterocycles. The third-order valence-electron chi connectivity index (χ3n) is 1.13. The Bertz CT molecular complexity index is 127. The summed E-state index contributed by atoms with van der Waals surface area (Å²) >= 11 is 0. The van der Waals surface area contributed by atoms with E-state index in [2.05, 4.69) is 10.1 Å². The summed E-state index contributed by atoms with van der Waals surface area (Å²) in [5.74, 6) is 0. The van der Waals surface area contributed by atoms with E-state index in [9.17, 15) is 13.2 Å². The zero-order valence-corrected chi connectivity index (χ0v) is 7.40. The van der Waals surface area contributed by atoms with Crippen molar-refractivity contribution in [2.75, 3.05) is 26.3 Å². The van der Waals surface area contributed by atoms with Gasteiger partial charge in [0.15, 0.2) is 0 Å². The average Bonchev–Trinajstić information content (AvgIpc) is 1.93. The molecule has 0 heterocycles. The topological polar surface area (TPSA) is 41.5 Å². The third kappa shape index (κ3) is 11.7. The molecule has 0 aliphatic carbocycles. The SMILES string of the molecule is CC(O)CNCCOCC(F)(F)F. The molecule has 0 radical (unpaired) electrons. The highest BCUT2D eigenvalue weighted by Crippen LogP contribution is 2.13. The number of aliphatic hydroxyl groups excluding tert-OH is 1. The van der Waals surface area contributed by atoms with E-state index < -0.39 is 18.9 Å². The van der Waals surface area contributed by atoms with Gasteiger partial charge in [0, 0.05) is 13.1 Å². The van der Waals surface area contributed by atoms with E-state index in [-0.39, 0.29) is 6.61 Å². The first-order chi connectivity index (χ1) is 5.92. The molecule has 3 nitrogen and oxygen atoms in total. The van der Waals surface area contributed by atoms with Gasteiger partial charge in [-0.15, -0.1) is 0 Å². The maximum atomic E-state index is 11.5. The standard InChI is InChI=1S/C7H14F3NO2/c1-6(12)4-11-2-3-13-5-7(8,9)10/h6,11-12H,2-5H2,1H3. The Morgan fingerprint density at radius 1 is 1.46 bits per heavy atom. The summed E-state index contributed by atoms with van der Waals surface area (Å²) in [4.78, 5) is 0. The van der Waals surface area contributed by atoms with Crippen LogP contribution in [0.3, 0.4) is 0 Å². The molecule has 0 aromatic rings. The summed E-state index contributed by atoms with van der Waals surface area (Å²) < 4.78 is 38.8. The summed E-state index contributed by atoms with van der Waals surface area (Å²) in [6.07, 6.45) is -4.76. The van der Waals surface area contributed by atoms with Gasteiger partial charge in [-0.05, 0) is 6.92 Å². The van der Waals surface area contributed by atoms with Gasteiger partial charge >= 0.3 is 6.18 Å². The Morgan fingerprint density at radius 3 is 2.54 bits per heavy atom. The first-order valence-corrected chi connectivity index (χ1v) is 3.95. The van der Waals surface area contributed by atoms with E-state index in [0.717, 1.165) is 0 Å². The number of ether oxygens (including phenoxy) is 1. The maximum absolute atomic E-state index is 11.5. The lowest BCUT2D eigenvalue weighted by molar-refractivity contribution is -0.173. The van der Waals surface area contributed by atoms with Crippen LogP contribution in [-0.2, 0) is 4.74 Å².